The van der Waals surface area contributed by atoms with Crippen LogP contribution in [0.2, 0.25) is 0 Å². The van der Waals surface area contributed by atoms with E-state index in [-0.39, 0.29) is 0 Å². The van der Waals surface area contributed by atoms with Crippen LogP contribution in [-0.2, 0) is 9.59 Å². The number of hydrogen-bond donors (Lipinski definition) is 0. The van der Waals surface area contributed by atoms with Crippen molar-refractivity contribution >= 4 is 11.9 Å². The van der Waals surface area contributed by atoms with Gasteiger partial charge in [-0.2, -0.15) is 0 Å². The van der Waals surface area contributed by atoms with Crippen molar-refractivity contribution < 1.29 is 19.1 Å². The van der Waals surface area contributed by atoms with Crippen molar-refractivity contribution in [2.24, 2.45) is 0 Å². The molecule has 30 heavy (non-hydrogen) atoms. The van der Waals surface area contributed by atoms with E-state index < -0.39 is 11.9 Å². The SMILES string of the molecule is C=C(C)C(=O)Oc1ccc(-c2ccc(OC(=O)C(=C)C)cc2)cc1.CC.CC.CC. The van der Waals surface area contributed by atoms with Crippen LogP contribution in [0.15, 0.2) is 72.8 Å². The van der Waals surface area contributed by atoms with Gasteiger partial charge in [0.1, 0.15) is 11.5 Å². The molecule has 2 aromatic rings. The summed E-state index contributed by atoms with van der Waals surface area (Å²) in [6.07, 6.45) is 0. The van der Waals surface area contributed by atoms with Crippen LogP contribution in [0, 0.1) is 0 Å². The predicted octanol–water partition coefficient (Wildman–Crippen LogP) is 7.40. The lowest BCUT2D eigenvalue weighted by Crippen LogP contribution is -2.08. The molecule has 0 atom stereocenters. The quantitative estimate of drug-likeness (QED) is 0.292. The summed E-state index contributed by atoms with van der Waals surface area (Å²) in [5, 5.41) is 0. The minimum Gasteiger partial charge on any atom is -0.423 e. The van der Waals surface area contributed by atoms with Gasteiger partial charge in [-0.3, -0.25) is 0 Å². The molecule has 4 nitrogen and oxygen atoms in total. The second-order valence-corrected chi connectivity index (χ2v) is 5.39. The van der Waals surface area contributed by atoms with Crippen molar-refractivity contribution in [2.45, 2.75) is 55.4 Å². The second-order valence-electron chi connectivity index (χ2n) is 5.39. The third kappa shape index (κ3) is 10.4. The summed E-state index contributed by atoms with van der Waals surface area (Å²) >= 11 is 0. The normalized spacial score (nSPS) is 8.53. The third-order valence-electron chi connectivity index (χ3n) is 3.16. The van der Waals surface area contributed by atoms with Crippen LogP contribution in [-0.4, -0.2) is 11.9 Å². The smallest absolute Gasteiger partial charge is 0.338 e. The van der Waals surface area contributed by atoms with Crippen LogP contribution >= 0.6 is 0 Å². The summed E-state index contributed by atoms with van der Waals surface area (Å²) in [7, 11) is 0. The molecule has 0 saturated carbocycles. The van der Waals surface area contributed by atoms with Gasteiger partial charge in [-0.15, -0.1) is 0 Å². The number of rotatable bonds is 5. The molecule has 0 bridgehead atoms. The highest BCUT2D eigenvalue weighted by Gasteiger charge is 2.07. The summed E-state index contributed by atoms with van der Waals surface area (Å²) < 4.78 is 10.3. The standard InChI is InChI=1S/C20H18O4.3C2H6/c1-13(2)19(21)23-17-9-5-15(6-10-17)16-7-11-18(12-8-16)24-20(22)14(3)4;3*1-2/h5-12H,1,3H2,2,4H3;3*1-2H3. The number of esters is 2. The Morgan fingerprint density at radius 3 is 1.00 bits per heavy atom. The second kappa shape index (κ2) is 16.8. The molecule has 4 heteroatoms. The fourth-order valence-electron chi connectivity index (χ4n) is 1.82. The molecule has 0 aromatic heterocycles. The molecular weight excluding hydrogens is 376 g/mol. The van der Waals surface area contributed by atoms with E-state index in [1.165, 1.54) is 0 Å². The first kappa shape index (κ1) is 29.1. The van der Waals surface area contributed by atoms with E-state index in [0.717, 1.165) is 11.1 Å². The lowest BCUT2D eigenvalue weighted by Gasteiger charge is -2.07. The zero-order valence-corrected chi connectivity index (χ0v) is 19.7. The molecule has 0 aliphatic rings. The number of ether oxygens (including phenoxy) is 2. The molecule has 0 aliphatic carbocycles. The van der Waals surface area contributed by atoms with Gasteiger partial charge < -0.3 is 9.47 Å². The van der Waals surface area contributed by atoms with Gasteiger partial charge in [0, 0.05) is 11.1 Å². The average Bonchev–Trinajstić information content (AvgIpc) is 2.79. The first-order chi connectivity index (χ1) is 14.4. The molecule has 0 radical (unpaired) electrons. The molecular formula is C26H36O4. The van der Waals surface area contributed by atoms with Gasteiger partial charge in [0.25, 0.3) is 0 Å². The van der Waals surface area contributed by atoms with Crippen LogP contribution < -0.4 is 9.47 Å². The Balaban J connectivity index is 0. The number of carbonyl (C=O) groups excluding carboxylic acids is 2. The first-order valence-corrected chi connectivity index (χ1v) is 10.3. The van der Waals surface area contributed by atoms with E-state index in [1.54, 1.807) is 38.1 Å². The molecule has 0 N–H and O–H groups in total. The van der Waals surface area contributed by atoms with Crippen molar-refractivity contribution in [3.8, 4) is 22.6 Å². The van der Waals surface area contributed by atoms with E-state index in [9.17, 15) is 9.59 Å². The van der Waals surface area contributed by atoms with E-state index in [0.29, 0.717) is 22.6 Å². The topological polar surface area (TPSA) is 52.6 Å². The summed E-state index contributed by atoms with van der Waals surface area (Å²) in [6.45, 7) is 22.3. The molecule has 0 aliphatic heterocycles. The van der Waals surface area contributed by atoms with Crippen LogP contribution in [0.1, 0.15) is 55.4 Å². The number of carbonyl (C=O) groups is 2. The zero-order chi connectivity index (χ0) is 23.7. The Labute approximate surface area is 182 Å². The fourth-order valence-corrected chi connectivity index (χ4v) is 1.82. The van der Waals surface area contributed by atoms with Gasteiger partial charge in [-0.1, -0.05) is 79.0 Å². The molecule has 164 valence electrons. The summed E-state index contributed by atoms with van der Waals surface area (Å²) in [6, 6.07) is 14.2. The van der Waals surface area contributed by atoms with Crippen LogP contribution in [0.3, 0.4) is 0 Å². The molecule has 2 aromatic carbocycles. The van der Waals surface area contributed by atoms with Gasteiger partial charge in [-0.05, 0) is 49.2 Å². The van der Waals surface area contributed by atoms with E-state index in [1.807, 2.05) is 65.8 Å². The van der Waals surface area contributed by atoms with Gasteiger partial charge >= 0.3 is 11.9 Å². The summed E-state index contributed by atoms with van der Waals surface area (Å²) in [4.78, 5) is 22.9. The summed E-state index contributed by atoms with van der Waals surface area (Å²) in [5.74, 6) is 0.00961. The molecule has 0 saturated heterocycles. The Morgan fingerprint density at radius 2 is 0.800 bits per heavy atom. The molecule has 0 fully saturated rings. The number of hydrogen-bond acceptors (Lipinski definition) is 4. The highest BCUT2D eigenvalue weighted by molar-refractivity contribution is 5.89. The van der Waals surface area contributed by atoms with E-state index in [4.69, 9.17) is 9.47 Å². The van der Waals surface area contributed by atoms with Gasteiger partial charge in [0.05, 0.1) is 0 Å². The van der Waals surface area contributed by atoms with Crippen molar-refractivity contribution in [3.63, 3.8) is 0 Å². The van der Waals surface area contributed by atoms with Crippen LogP contribution in [0.5, 0.6) is 11.5 Å². The maximum Gasteiger partial charge on any atom is 0.338 e. The van der Waals surface area contributed by atoms with Gasteiger partial charge in [0.15, 0.2) is 0 Å². The van der Waals surface area contributed by atoms with Crippen molar-refractivity contribution in [3.05, 3.63) is 72.8 Å². The Morgan fingerprint density at radius 1 is 0.567 bits per heavy atom. The number of benzene rings is 2. The first-order valence-electron chi connectivity index (χ1n) is 10.3. The fraction of sp³-hybridized carbons (Fsp3) is 0.308. The maximum atomic E-state index is 11.5. The zero-order valence-electron chi connectivity index (χ0n) is 19.7. The van der Waals surface area contributed by atoms with Crippen molar-refractivity contribution in [1.29, 1.82) is 0 Å². The van der Waals surface area contributed by atoms with Crippen LogP contribution in [0.4, 0.5) is 0 Å². The van der Waals surface area contributed by atoms with Crippen molar-refractivity contribution in [2.75, 3.05) is 0 Å². The molecule has 0 spiro atoms. The average molecular weight is 413 g/mol. The maximum absolute atomic E-state index is 11.5. The molecule has 0 unspecified atom stereocenters. The monoisotopic (exact) mass is 412 g/mol. The van der Waals surface area contributed by atoms with Crippen LogP contribution in [0.25, 0.3) is 11.1 Å². The minimum atomic E-state index is -0.452. The van der Waals surface area contributed by atoms with Gasteiger partial charge in [-0.25, -0.2) is 9.59 Å². The van der Waals surface area contributed by atoms with E-state index in [2.05, 4.69) is 13.2 Å². The summed E-state index contributed by atoms with van der Waals surface area (Å²) in [5.41, 5.74) is 2.59. The highest BCUT2D eigenvalue weighted by atomic mass is 16.5. The lowest BCUT2D eigenvalue weighted by molar-refractivity contribution is -0.130. The Bertz CT molecular complexity index is 715. The highest BCUT2D eigenvalue weighted by Crippen LogP contribution is 2.25. The minimum absolute atomic E-state index is 0.346. The molecule has 0 heterocycles. The largest absolute Gasteiger partial charge is 0.423 e. The van der Waals surface area contributed by atoms with E-state index >= 15 is 0 Å². The molecule has 2 rings (SSSR count). The predicted molar refractivity (Wildman–Crippen MR) is 127 cm³/mol. The Kier molecular flexibility index (Phi) is 16.3. The lowest BCUT2D eigenvalue weighted by atomic mass is 10.1. The van der Waals surface area contributed by atoms with Crippen molar-refractivity contribution in [1.82, 2.24) is 0 Å². The third-order valence-corrected chi connectivity index (χ3v) is 3.16. The Hall–Kier alpha value is -3.14. The molecule has 0 amide bonds. The van der Waals surface area contributed by atoms with Gasteiger partial charge in [0.2, 0.25) is 0 Å².